The second kappa shape index (κ2) is 8.60. The molecule has 1 amide bonds. The zero-order chi connectivity index (χ0) is 23.8. The zero-order valence-electron chi connectivity index (χ0n) is 18.3. The highest BCUT2D eigenvalue weighted by Crippen LogP contribution is 2.39. The molecule has 3 heterocycles. The highest BCUT2D eigenvalue weighted by molar-refractivity contribution is 6.04. The third kappa shape index (κ3) is 4.68. The molecule has 1 fully saturated rings. The van der Waals surface area contributed by atoms with Crippen molar-refractivity contribution in [3.05, 3.63) is 65.2 Å². The van der Waals surface area contributed by atoms with Crippen molar-refractivity contribution >= 4 is 11.6 Å². The average molecular weight is 451 g/mol. The second-order valence-electron chi connectivity index (χ2n) is 8.54. The number of anilines is 1. The Bertz CT molecular complexity index is 1240. The minimum atomic E-state index is -0.795. The number of aromatic nitrogens is 3. The minimum Gasteiger partial charge on any atom is -0.368 e. The van der Waals surface area contributed by atoms with E-state index in [0.29, 0.717) is 25.2 Å². The maximum atomic E-state index is 14.1. The van der Waals surface area contributed by atoms with E-state index in [0.717, 1.165) is 23.8 Å². The van der Waals surface area contributed by atoms with Gasteiger partial charge in [-0.25, -0.2) is 13.8 Å². The molecule has 0 aliphatic carbocycles. The van der Waals surface area contributed by atoms with Gasteiger partial charge in [-0.2, -0.15) is 10.4 Å². The summed E-state index contributed by atoms with van der Waals surface area (Å²) in [7, 11) is 1.77. The number of hydrogen-bond donors (Lipinski definition) is 2. The van der Waals surface area contributed by atoms with Crippen molar-refractivity contribution in [2.45, 2.75) is 25.4 Å². The lowest BCUT2D eigenvalue weighted by Crippen LogP contribution is -2.39. The van der Waals surface area contributed by atoms with Crippen LogP contribution in [0.15, 0.2) is 36.8 Å². The maximum Gasteiger partial charge on any atom is 0.255 e. The molecule has 0 saturated carbocycles. The van der Waals surface area contributed by atoms with Crippen molar-refractivity contribution in [3.8, 4) is 17.2 Å². The van der Waals surface area contributed by atoms with Gasteiger partial charge in [-0.05, 0) is 31.0 Å². The average Bonchev–Trinajstić information content (AvgIpc) is 3.34. The first-order chi connectivity index (χ1) is 15.7. The molecule has 0 radical (unpaired) electrons. The summed E-state index contributed by atoms with van der Waals surface area (Å²) in [6.45, 7) is 3.03. The Morgan fingerprint density at radius 3 is 2.61 bits per heavy atom. The van der Waals surface area contributed by atoms with E-state index in [1.165, 1.54) is 6.20 Å². The molecule has 1 atom stereocenters. The van der Waals surface area contributed by atoms with Crippen LogP contribution >= 0.6 is 0 Å². The van der Waals surface area contributed by atoms with E-state index in [1.54, 1.807) is 24.1 Å². The molecule has 1 saturated heterocycles. The third-order valence-corrected chi connectivity index (χ3v) is 5.59. The number of aryl methyl sites for hydroxylation is 1. The van der Waals surface area contributed by atoms with E-state index >= 15 is 0 Å². The summed E-state index contributed by atoms with van der Waals surface area (Å²) in [5.74, 6) is -2.03. The summed E-state index contributed by atoms with van der Waals surface area (Å²) in [6, 6.07) is 4.99. The normalized spacial score (nSPS) is 17.8. The fourth-order valence-electron chi connectivity index (χ4n) is 4.07. The molecular weight excluding hydrogens is 428 g/mol. The molecule has 3 aromatic rings. The molecular formula is C23H23F2N7O. The van der Waals surface area contributed by atoms with Crippen LogP contribution in [0.2, 0.25) is 0 Å². The van der Waals surface area contributed by atoms with Gasteiger partial charge in [0.05, 0.1) is 17.4 Å². The summed E-state index contributed by atoms with van der Waals surface area (Å²) >= 11 is 0. The number of nitrogens with one attached hydrogen (secondary N) is 1. The fourth-order valence-corrected chi connectivity index (χ4v) is 4.07. The Labute approximate surface area is 189 Å². The topological polar surface area (TPSA) is 113 Å². The molecule has 1 aromatic carbocycles. The fraction of sp³-hybridized carbons (Fsp3) is 0.304. The van der Waals surface area contributed by atoms with E-state index in [9.17, 15) is 18.8 Å². The number of carbonyl (C=O) groups is 1. The number of halogens is 2. The molecule has 33 heavy (non-hydrogen) atoms. The summed E-state index contributed by atoms with van der Waals surface area (Å²) in [6.07, 6.45) is 5.38. The molecule has 170 valence electrons. The first-order valence-electron chi connectivity index (χ1n) is 10.4. The quantitative estimate of drug-likeness (QED) is 0.616. The summed E-state index contributed by atoms with van der Waals surface area (Å²) in [5, 5.41) is 16.6. The van der Waals surface area contributed by atoms with Gasteiger partial charge in [0.1, 0.15) is 23.4 Å². The number of rotatable bonds is 5. The summed E-state index contributed by atoms with van der Waals surface area (Å²) < 4.78 is 29.8. The van der Waals surface area contributed by atoms with Gasteiger partial charge in [-0.1, -0.05) is 0 Å². The first-order valence-corrected chi connectivity index (χ1v) is 10.4. The SMILES string of the molecule is Cn1cc(CNC(=O)c2cnc(C#N)c(-c3cc(F)cc(F)c3)c2N2CC[C@](C)(N)C2)cn1. The highest BCUT2D eigenvalue weighted by Gasteiger charge is 2.34. The number of nitrogens with zero attached hydrogens (tertiary/aromatic N) is 5. The van der Waals surface area contributed by atoms with Gasteiger partial charge in [0.25, 0.3) is 5.91 Å². The number of amides is 1. The van der Waals surface area contributed by atoms with E-state index in [4.69, 9.17) is 5.73 Å². The van der Waals surface area contributed by atoms with Crippen LogP contribution in [-0.4, -0.2) is 39.3 Å². The van der Waals surface area contributed by atoms with Gasteiger partial charge >= 0.3 is 0 Å². The Balaban J connectivity index is 1.84. The number of benzene rings is 1. The molecule has 4 rings (SSSR count). The van der Waals surface area contributed by atoms with Crippen LogP contribution in [0.4, 0.5) is 14.5 Å². The van der Waals surface area contributed by atoms with Crippen LogP contribution in [0.25, 0.3) is 11.1 Å². The van der Waals surface area contributed by atoms with Gasteiger partial charge < -0.3 is 16.0 Å². The predicted molar refractivity (Wildman–Crippen MR) is 118 cm³/mol. The van der Waals surface area contributed by atoms with Crippen LogP contribution in [0.1, 0.15) is 35.0 Å². The van der Waals surface area contributed by atoms with Gasteiger partial charge in [0.2, 0.25) is 0 Å². The van der Waals surface area contributed by atoms with Crippen molar-refractivity contribution in [1.82, 2.24) is 20.1 Å². The molecule has 2 aromatic heterocycles. The van der Waals surface area contributed by atoms with Gasteiger partial charge in [-0.15, -0.1) is 0 Å². The van der Waals surface area contributed by atoms with E-state index in [2.05, 4.69) is 15.4 Å². The highest BCUT2D eigenvalue weighted by atomic mass is 19.1. The van der Waals surface area contributed by atoms with Crippen LogP contribution in [-0.2, 0) is 13.6 Å². The monoisotopic (exact) mass is 451 g/mol. The third-order valence-electron chi connectivity index (χ3n) is 5.59. The second-order valence-corrected chi connectivity index (χ2v) is 8.54. The first kappa shape index (κ1) is 22.4. The lowest BCUT2D eigenvalue weighted by Gasteiger charge is -2.27. The van der Waals surface area contributed by atoms with Crippen molar-refractivity contribution < 1.29 is 13.6 Å². The van der Waals surface area contributed by atoms with E-state index < -0.39 is 23.1 Å². The lowest BCUT2D eigenvalue weighted by atomic mass is 9.97. The Kier molecular flexibility index (Phi) is 5.82. The minimum absolute atomic E-state index is 0.0376. The predicted octanol–water partition coefficient (Wildman–Crippen LogP) is 2.49. The Morgan fingerprint density at radius 2 is 2.03 bits per heavy atom. The number of carbonyl (C=O) groups excluding carboxylic acids is 1. The van der Waals surface area contributed by atoms with Crippen LogP contribution in [0, 0.1) is 23.0 Å². The van der Waals surface area contributed by atoms with Crippen LogP contribution in [0.3, 0.4) is 0 Å². The van der Waals surface area contributed by atoms with Crippen molar-refractivity contribution in [3.63, 3.8) is 0 Å². The standard InChI is InChI=1S/C23H23F2N7O/c1-23(27)3-4-32(13-23)21-18(22(33)29-9-14-10-30-31(2)12-14)11-28-19(8-26)20(21)15-5-16(24)7-17(25)6-15/h5-7,10-12H,3-4,9,13,27H2,1-2H3,(H,29,33)/t23-/m0/s1. The molecule has 0 unspecified atom stereocenters. The van der Waals surface area contributed by atoms with Crippen LogP contribution in [0.5, 0.6) is 0 Å². The molecule has 1 aliphatic rings. The van der Waals surface area contributed by atoms with Gasteiger partial charge in [0, 0.05) is 61.8 Å². The number of nitriles is 1. The van der Waals surface area contributed by atoms with Gasteiger partial charge in [0.15, 0.2) is 0 Å². The number of hydrogen-bond acceptors (Lipinski definition) is 6. The summed E-state index contributed by atoms with van der Waals surface area (Å²) in [4.78, 5) is 19.2. The maximum absolute atomic E-state index is 14.1. The smallest absolute Gasteiger partial charge is 0.255 e. The largest absolute Gasteiger partial charge is 0.368 e. The molecule has 1 aliphatic heterocycles. The molecule has 0 spiro atoms. The van der Waals surface area contributed by atoms with Crippen LogP contribution < -0.4 is 16.0 Å². The molecule has 3 N–H and O–H groups in total. The lowest BCUT2D eigenvalue weighted by molar-refractivity contribution is 0.0951. The Morgan fingerprint density at radius 1 is 1.30 bits per heavy atom. The van der Waals surface area contributed by atoms with Crippen molar-refractivity contribution in [2.75, 3.05) is 18.0 Å². The van der Waals surface area contributed by atoms with Crippen molar-refractivity contribution in [2.24, 2.45) is 12.8 Å². The number of pyridine rings is 1. The van der Waals surface area contributed by atoms with E-state index in [1.807, 2.05) is 17.9 Å². The zero-order valence-corrected chi connectivity index (χ0v) is 18.3. The molecule has 8 nitrogen and oxygen atoms in total. The molecule has 10 heteroatoms. The molecule has 0 bridgehead atoms. The Hall–Kier alpha value is -3.84. The van der Waals surface area contributed by atoms with Crippen molar-refractivity contribution in [1.29, 1.82) is 5.26 Å². The van der Waals surface area contributed by atoms with E-state index in [-0.39, 0.29) is 28.9 Å². The van der Waals surface area contributed by atoms with Gasteiger partial charge in [-0.3, -0.25) is 9.48 Å². The summed E-state index contributed by atoms with van der Waals surface area (Å²) in [5.41, 5.74) is 7.46. The number of nitrogens with two attached hydrogens (primary N) is 1.